The van der Waals surface area contributed by atoms with E-state index in [1.807, 2.05) is 20.8 Å². The zero-order chi connectivity index (χ0) is 20.5. The highest BCUT2D eigenvalue weighted by Crippen LogP contribution is 2.32. The van der Waals surface area contributed by atoms with Crippen molar-refractivity contribution < 1.29 is 19.1 Å². The molecule has 8 nitrogen and oxygen atoms in total. The van der Waals surface area contributed by atoms with Gasteiger partial charge in [0, 0.05) is 17.7 Å². The number of nitrogen functional groups attached to an aromatic ring is 1. The summed E-state index contributed by atoms with van der Waals surface area (Å²) < 4.78 is 5.38. The third kappa shape index (κ3) is 4.27. The number of nitrogens with zero attached hydrogens (tertiary/aromatic N) is 1. The number of hydrazine groups is 1. The quantitative estimate of drug-likeness (QED) is 0.417. The van der Waals surface area contributed by atoms with E-state index in [2.05, 4.69) is 10.7 Å². The van der Waals surface area contributed by atoms with E-state index in [4.69, 9.17) is 10.6 Å². The van der Waals surface area contributed by atoms with Crippen LogP contribution in [0.4, 0.5) is 4.79 Å². The summed E-state index contributed by atoms with van der Waals surface area (Å²) in [6.45, 7) is 5.93. The fraction of sp³-hybridized carbons (Fsp3) is 0.550. The molecule has 1 aliphatic carbocycles. The zero-order valence-corrected chi connectivity index (χ0v) is 16.6. The van der Waals surface area contributed by atoms with Gasteiger partial charge in [-0.1, -0.05) is 18.9 Å². The molecule has 1 aromatic rings. The van der Waals surface area contributed by atoms with Crippen LogP contribution in [-0.2, 0) is 11.3 Å². The Morgan fingerprint density at radius 1 is 1.21 bits per heavy atom. The van der Waals surface area contributed by atoms with Gasteiger partial charge in [-0.3, -0.25) is 15.0 Å². The van der Waals surface area contributed by atoms with Crippen LogP contribution in [0.5, 0.6) is 0 Å². The molecule has 0 saturated heterocycles. The Labute approximate surface area is 164 Å². The topological polar surface area (TPSA) is 114 Å². The average molecular weight is 388 g/mol. The summed E-state index contributed by atoms with van der Waals surface area (Å²) in [7, 11) is 0. The van der Waals surface area contributed by atoms with Gasteiger partial charge in [-0.05, 0) is 51.3 Å². The second-order valence-electron chi connectivity index (χ2n) is 8.38. The summed E-state index contributed by atoms with van der Waals surface area (Å²) in [5.41, 5.74) is 3.25. The van der Waals surface area contributed by atoms with E-state index in [1.54, 1.807) is 23.1 Å². The van der Waals surface area contributed by atoms with E-state index in [0.29, 0.717) is 17.7 Å². The third-order valence-corrected chi connectivity index (χ3v) is 5.17. The monoisotopic (exact) mass is 388 g/mol. The average Bonchev–Trinajstić information content (AvgIpc) is 2.96. The minimum atomic E-state index is -0.575. The predicted molar refractivity (Wildman–Crippen MR) is 103 cm³/mol. The van der Waals surface area contributed by atoms with Gasteiger partial charge in [0.1, 0.15) is 5.60 Å². The Kier molecular flexibility index (Phi) is 5.60. The molecule has 0 aromatic heterocycles. The van der Waals surface area contributed by atoms with Crippen molar-refractivity contribution in [3.8, 4) is 0 Å². The highest BCUT2D eigenvalue weighted by Gasteiger charge is 2.39. The van der Waals surface area contributed by atoms with Gasteiger partial charge in [0.05, 0.1) is 12.1 Å². The first-order valence-electron chi connectivity index (χ1n) is 9.64. The molecule has 152 valence electrons. The smallest absolute Gasteiger partial charge is 0.407 e. The van der Waals surface area contributed by atoms with Crippen LogP contribution < -0.4 is 16.6 Å². The summed E-state index contributed by atoms with van der Waals surface area (Å²) in [4.78, 5) is 38.9. The summed E-state index contributed by atoms with van der Waals surface area (Å²) in [6, 6.07) is 4.77. The predicted octanol–water partition coefficient (Wildman–Crippen LogP) is 2.08. The molecule has 1 aromatic carbocycles. The highest BCUT2D eigenvalue weighted by molar-refractivity contribution is 6.02. The van der Waals surface area contributed by atoms with Crippen molar-refractivity contribution in [2.24, 2.45) is 5.84 Å². The number of ether oxygens (including phenoxy) is 1. The lowest BCUT2D eigenvalue weighted by Gasteiger charge is -2.38. The number of carbonyl (C=O) groups is 3. The minimum Gasteiger partial charge on any atom is -0.444 e. The maximum absolute atomic E-state index is 13.0. The van der Waals surface area contributed by atoms with Crippen LogP contribution in [0.3, 0.4) is 0 Å². The van der Waals surface area contributed by atoms with E-state index < -0.39 is 17.6 Å². The number of rotatable bonds is 3. The second kappa shape index (κ2) is 7.79. The number of nitrogens with two attached hydrogens (primary N) is 1. The molecule has 4 N–H and O–H groups in total. The fourth-order valence-corrected chi connectivity index (χ4v) is 3.93. The molecule has 0 radical (unpaired) electrons. The van der Waals surface area contributed by atoms with Crippen LogP contribution in [0.2, 0.25) is 0 Å². The highest BCUT2D eigenvalue weighted by atomic mass is 16.6. The second-order valence-corrected chi connectivity index (χ2v) is 8.38. The first-order valence-corrected chi connectivity index (χ1v) is 9.64. The molecule has 2 atom stereocenters. The van der Waals surface area contributed by atoms with Crippen LogP contribution in [0.15, 0.2) is 18.2 Å². The summed E-state index contributed by atoms with van der Waals surface area (Å²) in [5, 5.41) is 2.95. The number of hydrogen-bond acceptors (Lipinski definition) is 5. The number of fused-ring (bicyclic) bond motifs is 1. The molecular formula is C20H28N4O4. The van der Waals surface area contributed by atoms with Gasteiger partial charge >= 0.3 is 6.09 Å². The van der Waals surface area contributed by atoms with Gasteiger partial charge in [-0.2, -0.15) is 0 Å². The van der Waals surface area contributed by atoms with Gasteiger partial charge < -0.3 is 15.0 Å². The van der Waals surface area contributed by atoms with Crippen molar-refractivity contribution in [2.45, 2.75) is 70.7 Å². The maximum atomic E-state index is 13.0. The van der Waals surface area contributed by atoms with Gasteiger partial charge in [0.15, 0.2) is 0 Å². The largest absolute Gasteiger partial charge is 0.444 e. The maximum Gasteiger partial charge on any atom is 0.407 e. The molecule has 8 heteroatoms. The first kappa shape index (κ1) is 20.1. The summed E-state index contributed by atoms with van der Waals surface area (Å²) in [5.74, 6) is 4.63. The Hall–Kier alpha value is -2.61. The molecule has 2 aliphatic rings. The lowest BCUT2D eigenvalue weighted by molar-refractivity contribution is 0.0393. The number of alkyl carbamates (subject to hydrolysis) is 1. The van der Waals surface area contributed by atoms with Crippen molar-refractivity contribution in [2.75, 3.05) is 0 Å². The van der Waals surface area contributed by atoms with E-state index in [0.717, 1.165) is 31.2 Å². The molecule has 0 spiro atoms. The molecule has 1 heterocycles. The van der Waals surface area contributed by atoms with Crippen LogP contribution in [-0.4, -0.2) is 40.5 Å². The Morgan fingerprint density at radius 3 is 2.61 bits per heavy atom. The molecule has 3 amide bonds. The van der Waals surface area contributed by atoms with Crippen LogP contribution in [0.1, 0.15) is 72.7 Å². The zero-order valence-electron chi connectivity index (χ0n) is 16.6. The molecule has 0 unspecified atom stereocenters. The number of hydrogen-bond donors (Lipinski definition) is 3. The number of nitrogens with one attached hydrogen (secondary N) is 2. The standard InChI is InChI=1S/C20H28N4O4/c1-20(2,3)28-19(27)22-15-6-4-5-7-16(15)24-11-13-9-8-12(17(25)23-21)10-14(13)18(24)26/h8-10,15-16H,4-7,11,21H2,1-3H3,(H,22,27)(H,23,25)/t15-,16-/m1/s1. The molecule has 1 aliphatic heterocycles. The van der Waals surface area contributed by atoms with Gasteiger partial charge in [0.25, 0.3) is 11.8 Å². The molecule has 28 heavy (non-hydrogen) atoms. The van der Waals surface area contributed by atoms with E-state index in [1.165, 1.54) is 0 Å². The molecule has 3 rings (SSSR count). The number of benzene rings is 1. The van der Waals surface area contributed by atoms with E-state index in [9.17, 15) is 14.4 Å². The Balaban J connectivity index is 1.76. The lowest BCUT2D eigenvalue weighted by Crippen LogP contribution is -2.54. The Bertz CT molecular complexity index is 787. The molecule has 0 bridgehead atoms. The normalized spacial score (nSPS) is 21.9. The van der Waals surface area contributed by atoms with Crippen molar-refractivity contribution in [3.05, 3.63) is 34.9 Å². The van der Waals surface area contributed by atoms with Gasteiger partial charge in [-0.25, -0.2) is 10.6 Å². The SMILES string of the molecule is CC(C)(C)OC(=O)N[C@@H]1CCCC[C@H]1N1Cc2ccc(C(=O)NN)cc2C1=O. The minimum absolute atomic E-state index is 0.104. The van der Waals surface area contributed by atoms with Crippen LogP contribution in [0.25, 0.3) is 0 Å². The number of carbonyl (C=O) groups excluding carboxylic acids is 3. The van der Waals surface area contributed by atoms with Gasteiger partial charge in [-0.15, -0.1) is 0 Å². The third-order valence-electron chi connectivity index (χ3n) is 5.17. The summed E-state index contributed by atoms with van der Waals surface area (Å²) >= 11 is 0. The van der Waals surface area contributed by atoms with Gasteiger partial charge in [0.2, 0.25) is 0 Å². The number of amides is 3. The molecule has 1 fully saturated rings. The van der Waals surface area contributed by atoms with Crippen molar-refractivity contribution in [1.29, 1.82) is 0 Å². The van der Waals surface area contributed by atoms with E-state index in [-0.39, 0.29) is 18.0 Å². The van der Waals surface area contributed by atoms with Crippen molar-refractivity contribution >= 4 is 17.9 Å². The molecule has 1 saturated carbocycles. The van der Waals surface area contributed by atoms with Crippen LogP contribution in [0, 0.1) is 0 Å². The lowest BCUT2D eigenvalue weighted by atomic mass is 9.89. The van der Waals surface area contributed by atoms with Crippen molar-refractivity contribution in [1.82, 2.24) is 15.6 Å². The fourth-order valence-electron chi connectivity index (χ4n) is 3.93. The van der Waals surface area contributed by atoms with Crippen molar-refractivity contribution in [3.63, 3.8) is 0 Å². The molecular weight excluding hydrogens is 360 g/mol. The van der Waals surface area contributed by atoms with E-state index >= 15 is 0 Å². The van der Waals surface area contributed by atoms with Crippen LogP contribution >= 0.6 is 0 Å². The summed E-state index contributed by atoms with van der Waals surface area (Å²) in [6.07, 6.45) is 3.14. The Morgan fingerprint density at radius 2 is 1.93 bits per heavy atom. The first-order chi connectivity index (χ1) is 13.2.